The maximum Gasteiger partial charge on any atom is 0.224 e. The molecule has 1 heterocycles. The van der Waals surface area contributed by atoms with Crippen LogP contribution in [0, 0.1) is 0 Å². The van der Waals surface area contributed by atoms with Crippen LogP contribution in [0.5, 0.6) is 0 Å². The van der Waals surface area contributed by atoms with Crippen molar-refractivity contribution in [3.63, 3.8) is 0 Å². The van der Waals surface area contributed by atoms with Crippen molar-refractivity contribution >= 4 is 29.0 Å². The van der Waals surface area contributed by atoms with Gasteiger partial charge in [-0.15, -0.1) is 0 Å². The van der Waals surface area contributed by atoms with Crippen LogP contribution in [0.1, 0.15) is 13.3 Å². The Balaban J connectivity index is 2.90. The Morgan fingerprint density at radius 3 is 3.00 bits per heavy atom. The fraction of sp³-hybridized carbons (Fsp3) is 0.286. The van der Waals surface area contributed by atoms with E-state index in [1.807, 2.05) is 0 Å². The van der Waals surface area contributed by atoms with Crippen molar-refractivity contribution in [1.82, 2.24) is 9.97 Å². The van der Waals surface area contributed by atoms with E-state index in [2.05, 4.69) is 20.7 Å². The molecule has 0 unspecified atom stereocenters. The quantitative estimate of drug-likeness (QED) is 0.393. The standard InChI is InChI=1S/C7H10ClN5O/c1-2-5(14)11-4-3-10-7(8)12-6(4)13-9/h3H,2,9H2,1H3,(H,11,14)(H,10,12,13). The molecule has 0 saturated carbocycles. The second-order valence-electron chi connectivity index (χ2n) is 2.45. The molecule has 1 amide bonds. The first-order chi connectivity index (χ1) is 6.67. The van der Waals surface area contributed by atoms with Crippen LogP contribution in [0.25, 0.3) is 0 Å². The van der Waals surface area contributed by atoms with E-state index < -0.39 is 0 Å². The monoisotopic (exact) mass is 215 g/mol. The van der Waals surface area contributed by atoms with E-state index in [1.54, 1.807) is 6.92 Å². The number of hydrogen-bond donors (Lipinski definition) is 3. The van der Waals surface area contributed by atoms with Crippen molar-refractivity contribution in [2.75, 3.05) is 10.7 Å². The van der Waals surface area contributed by atoms with Crippen LogP contribution in [0.15, 0.2) is 6.20 Å². The zero-order chi connectivity index (χ0) is 10.6. The second-order valence-corrected chi connectivity index (χ2v) is 2.79. The molecule has 0 fully saturated rings. The molecule has 0 saturated heterocycles. The molecular weight excluding hydrogens is 206 g/mol. The third-order valence-corrected chi connectivity index (χ3v) is 1.67. The molecule has 1 aromatic rings. The number of carbonyl (C=O) groups excluding carboxylic acids is 1. The third-order valence-electron chi connectivity index (χ3n) is 1.49. The normalized spacial score (nSPS) is 9.64. The zero-order valence-electron chi connectivity index (χ0n) is 7.54. The number of nitrogen functional groups attached to an aromatic ring is 1. The van der Waals surface area contributed by atoms with Gasteiger partial charge in [-0.05, 0) is 11.6 Å². The Labute approximate surface area is 85.8 Å². The summed E-state index contributed by atoms with van der Waals surface area (Å²) in [5.41, 5.74) is 2.72. The molecule has 1 rings (SSSR count). The number of hydrazine groups is 1. The van der Waals surface area contributed by atoms with Gasteiger partial charge in [0, 0.05) is 6.42 Å². The summed E-state index contributed by atoms with van der Waals surface area (Å²) < 4.78 is 0. The van der Waals surface area contributed by atoms with E-state index in [4.69, 9.17) is 17.4 Å². The van der Waals surface area contributed by atoms with Crippen molar-refractivity contribution in [2.45, 2.75) is 13.3 Å². The first-order valence-electron chi connectivity index (χ1n) is 3.96. The molecule has 0 aromatic carbocycles. The van der Waals surface area contributed by atoms with Crippen molar-refractivity contribution < 1.29 is 4.79 Å². The molecule has 1 aromatic heterocycles. The molecule has 14 heavy (non-hydrogen) atoms. The lowest BCUT2D eigenvalue weighted by atomic mass is 10.4. The molecule has 6 nitrogen and oxygen atoms in total. The summed E-state index contributed by atoms with van der Waals surface area (Å²) in [7, 11) is 0. The fourth-order valence-electron chi connectivity index (χ4n) is 0.800. The number of rotatable bonds is 3. The van der Waals surface area contributed by atoms with Crippen LogP contribution in [-0.4, -0.2) is 15.9 Å². The van der Waals surface area contributed by atoms with Crippen LogP contribution in [0.2, 0.25) is 5.28 Å². The SMILES string of the molecule is CCC(=O)Nc1cnc(Cl)nc1NN. The summed E-state index contributed by atoms with van der Waals surface area (Å²) >= 11 is 5.54. The van der Waals surface area contributed by atoms with Crippen LogP contribution >= 0.6 is 11.6 Å². The van der Waals surface area contributed by atoms with Gasteiger partial charge in [-0.3, -0.25) is 4.79 Å². The van der Waals surface area contributed by atoms with Crippen LogP contribution in [0.4, 0.5) is 11.5 Å². The highest BCUT2D eigenvalue weighted by molar-refractivity contribution is 6.28. The largest absolute Gasteiger partial charge is 0.322 e. The van der Waals surface area contributed by atoms with Crippen LogP contribution in [0.3, 0.4) is 0 Å². The predicted octanol–water partition coefficient (Wildman–Crippen LogP) is 0.764. The van der Waals surface area contributed by atoms with E-state index in [0.29, 0.717) is 12.1 Å². The first kappa shape index (κ1) is 10.7. The number of anilines is 2. The van der Waals surface area contributed by atoms with Crippen molar-refractivity contribution in [3.05, 3.63) is 11.5 Å². The lowest BCUT2D eigenvalue weighted by Crippen LogP contribution is -2.16. The van der Waals surface area contributed by atoms with Gasteiger partial charge in [-0.25, -0.2) is 10.8 Å². The van der Waals surface area contributed by atoms with E-state index >= 15 is 0 Å². The Bertz CT molecular complexity index is 343. The highest BCUT2D eigenvalue weighted by Gasteiger charge is 2.07. The van der Waals surface area contributed by atoms with Crippen LogP contribution < -0.4 is 16.6 Å². The van der Waals surface area contributed by atoms with Gasteiger partial charge < -0.3 is 10.7 Å². The minimum absolute atomic E-state index is 0.0625. The van der Waals surface area contributed by atoms with Gasteiger partial charge >= 0.3 is 0 Å². The average molecular weight is 216 g/mol. The lowest BCUT2D eigenvalue weighted by Gasteiger charge is -2.07. The highest BCUT2D eigenvalue weighted by atomic mass is 35.5. The van der Waals surface area contributed by atoms with E-state index in [-0.39, 0.29) is 17.0 Å². The van der Waals surface area contributed by atoms with Gasteiger partial charge in [0.25, 0.3) is 0 Å². The smallest absolute Gasteiger partial charge is 0.224 e. The van der Waals surface area contributed by atoms with Crippen molar-refractivity contribution in [3.8, 4) is 0 Å². The molecule has 0 radical (unpaired) electrons. The Hall–Kier alpha value is -1.40. The topological polar surface area (TPSA) is 92.9 Å². The summed E-state index contributed by atoms with van der Waals surface area (Å²) in [6.45, 7) is 1.74. The maximum absolute atomic E-state index is 11.1. The molecule has 0 aliphatic carbocycles. The fourth-order valence-corrected chi connectivity index (χ4v) is 0.934. The zero-order valence-corrected chi connectivity index (χ0v) is 8.30. The predicted molar refractivity (Wildman–Crippen MR) is 53.8 cm³/mol. The Morgan fingerprint density at radius 1 is 1.71 bits per heavy atom. The van der Waals surface area contributed by atoms with Gasteiger partial charge in [0.2, 0.25) is 11.2 Å². The summed E-state index contributed by atoms with van der Waals surface area (Å²) in [4.78, 5) is 18.6. The molecule has 0 bridgehead atoms. The number of carbonyl (C=O) groups is 1. The molecule has 0 atom stereocenters. The van der Waals surface area contributed by atoms with Crippen molar-refractivity contribution in [1.29, 1.82) is 0 Å². The first-order valence-corrected chi connectivity index (χ1v) is 4.34. The number of nitrogens with two attached hydrogens (primary N) is 1. The number of aromatic nitrogens is 2. The third kappa shape index (κ3) is 2.54. The summed E-state index contributed by atoms with van der Waals surface area (Å²) in [6, 6.07) is 0. The Kier molecular flexibility index (Phi) is 3.61. The molecule has 7 heteroatoms. The molecule has 4 N–H and O–H groups in total. The Morgan fingerprint density at radius 2 is 2.43 bits per heavy atom. The minimum atomic E-state index is -0.146. The molecule has 76 valence electrons. The second kappa shape index (κ2) is 4.73. The molecule has 0 aliphatic rings. The van der Waals surface area contributed by atoms with Gasteiger partial charge in [0.05, 0.1) is 6.20 Å². The highest BCUT2D eigenvalue weighted by Crippen LogP contribution is 2.18. The summed E-state index contributed by atoms with van der Waals surface area (Å²) in [6.07, 6.45) is 1.75. The van der Waals surface area contributed by atoms with Crippen LogP contribution in [-0.2, 0) is 4.79 Å². The number of nitrogens with one attached hydrogen (secondary N) is 2. The van der Waals surface area contributed by atoms with E-state index in [1.165, 1.54) is 6.20 Å². The number of amides is 1. The van der Waals surface area contributed by atoms with Gasteiger partial charge in [-0.2, -0.15) is 4.98 Å². The molecule has 0 aliphatic heterocycles. The summed E-state index contributed by atoms with van der Waals surface area (Å²) in [5.74, 6) is 5.32. The minimum Gasteiger partial charge on any atom is -0.322 e. The average Bonchev–Trinajstić information content (AvgIpc) is 2.20. The number of hydrogen-bond acceptors (Lipinski definition) is 5. The van der Waals surface area contributed by atoms with Gasteiger partial charge in [0.1, 0.15) is 5.69 Å². The van der Waals surface area contributed by atoms with Crippen molar-refractivity contribution in [2.24, 2.45) is 5.84 Å². The number of nitrogens with zero attached hydrogens (tertiary/aromatic N) is 2. The van der Waals surface area contributed by atoms with Gasteiger partial charge in [0.15, 0.2) is 5.82 Å². The van der Waals surface area contributed by atoms with E-state index in [0.717, 1.165) is 0 Å². The lowest BCUT2D eigenvalue weighted by molar-refractivity contribution is -0.115. The maximum atomic E-state index is 11.1. The molecule has 0 spiro atoms. The summed E-state index contributed by atoms with van der Waals surface area (Å²) in [5, 5.41) is 2.64. The molecular formula is C7H10ClN5O. The van der Waals surface area contributed by atoms with Gasteiger partial charge in [-0.1, -0.05) is 6.92 Å². The van der Waals surface area contributed by atoms with E-state index in [9.17, 15) is 4.79 Å². The number of halogens is 1.